The van der Waals surface area contributed by atoms with Crippen LogP contribution >= 0.6 is 22.9 Å². The van der Waals surface area contributed by atoms with Crippen LogP contribution in [0, 0.1) is 6.92 Å². The van der Waals surface area contributed by atoms with Crippen LogP contribution in [0.5, 0.6) is 0 Å². The van der Waals surface area contributed by atoms with Crippen LogP contribution in [0.4, 0.5) is 5.13 Å². The number of ether oxygens (including phenoxy) is 1. The number of carbonyl (C=O) groups excluding carboxylic acids is 1. The molecule has 0 radical (unpaired) electrons. The van der Waals surface area contributed by atoms with E-state index in [1.54, 1.807) is 0 Å². The first-order chi connectivity index (χ1) is 9.93. The molecule has 0 aliphatic carbocycles. The largest absolute Gasteiger partial charge is 0.464 e. The van der Waals surface area contributed by atoms with Gasteiger partial charge < -0.3 is 9.64 Å². The summed E-state index contributed by atoms with van der Waals surface area (Å²) in [6.07, 6.45) is 0. The zero-order valence-corrected chi connectivity index (χ0v) is 14.0. The topological polar surface area (TPSA) is 42.4 Å². The van der Waals surface area contributed by atoms with Gasteiger partial charge in [0.05, 0.1) is 13.2 Å². The Balaban J connectivity index is 2.27. The van der Waals surface area contributed by atoms with Gasteiger partial charge in [-0.25, -0.2) is 9.78 Å². The van der Waals surface area contributed by atoms with E-state index in [2.05, 4.69) is 11.9 Å². The van der Waals surface area contributed by atoms with E-state index in [4.69, 9.17) is 16.3 Å². The number of benzene rings is 1. The molecule has 1 atom stereocenters. The fraction of sp³-hybridized carbons (Fsp3) is 0.333. The first kappa shape index (κ1) is 15.8. The molecule has 21 heavy (non-hydrogen) atoms. The SMILES string of the molecule is COC(=O)c1nc(N(C)C(C)c2cccc(Cl)c2)sc1C. The summed E-state index contributed by atoms with van der Waals surface area (Å²) in [4.78, 5) is 18.9. The molecule has 2 aromatic rings. The number of nitrogens with zero attached hydrogens (tertiary/aromatic N) is 2. The van der Waals surface area contributed by atoms with Crippen molar-refractivity contribution in [3.8, 4) is 0 Å². The number of methoxy groups -OCH3 is 1. The predicted octanol–water partition coefficient (Wildman–Crippen LogP) is 4.09. The van der Waals surface area contributed by atoms with Gasteiger partial charge >= 0.3 is 5.97 Å². The number of esters is 1. The molecule has 6 heteroatoms. The minimum atomic E-state index is -0.404. The van der Waals surface area contributed by atoms with Gasteiger partial charge in [0.1, 0.15) is 0 Å². The van der Waals surface area contributed by atoms with Crippen LogP contribution in [0.15, 0.2) is 24.3 Å². The second kappa shape index (κ2) is 6.45. The van der Waals surface area contributed by atoms with Gasteiger partial charge in [0.15, 0.2) is 10.8 Å². The monoisotopic (exact) mass is 324 g/mol. The zero-order chi connectivity index (χ0) is 15.6. The number of anilines is 1. The third-order valence-corrected chi connectivity index (χ3v) is 4.67. The normalized spacial score (nSPS) is 12.0. The number of halogens is 1. The molecule has 1 aromatic heterocycles. The maximum Gasteiger partial charge on any atom is 0.357 e. The highest BCUT2D eigenvalue weighted by Gasteiger charge is 2.21. The molecular formula is C15H17ClN2O2S. The summed E-state index contributed by atoms with van der Waals surface area (Å²) in [7, 11) is 3.31. The van der Waals surface area contributed by atoms with Crippen LogP contribution in [-0.4, -0.2) is 25.1 Å². The van der Waals surface area contributed by atoms with Crippen molar-refractivity contribution in [2.75, 3.05) is 19.1 Å². The lowest BCUT2D eigenvalue weighted by atomic mass is 10.1. The van der Waals surface area contributed by atoms with Crippen molar-refractivity contribution in [1.29, 1.82) is 0 Å². The Morgan fingerprint density at radius 1 is 1.48 bits per heavy atom. The minimum absolute atomic E-state index is 0.0970. The Kier molecular flexibility index (Phi) is 4.85. The number of hydrogen-bond acceptors (Lipinski definition) is 5. The Bertz CT molecular complexity index is 657. The molecule has 1 heterocycles. The van der Waals surface area contributed by atoms with Crippen LogP contribution in [0.1, 0.15) is 33.9 Å². The van der Waals surface area contributed by atoms with Crippen LogP contribution in [0.3, 0.4) is 0 Å². The Morgan fingerprint density at radius 2 is 2.19 bits per heavy atom. The van der Waals surface area contributed by atoms with Gasteiger partial charge in [-0.1, -0.05) is 23.7 Å². The lowest BCUT2D eigenvalue weighted by molar-refractivity contribution is 0.0594. The van der Waals surface area contributed by atoms with Crippen molar-refractivity contribution in [1.82, 2.24) is 4.98 Å². The van der Waals surface area contributed by atoms with E-state index in [1.807, 2.05) is 43.1 Å². The summed E-state index contributed by atoms with van der Waals surface area (Å²) in [5.74, 6) is -0.404. The maximum atomic E-state index is 11.6. The average molecular weight is 325 g/mol. The molecule has 0 amide bonds. The van der Waals surface area contributed by atoms with E-state index in [0.717, 1.165) is 15.6 Å². The fourth-order valence-corrected chi connectivity index (χ4v) is 3.11. The highest BCUT2D eigenvalue weighted by Crippen LogP contribution is 2.31. The molecule has 4 nitrogen and oxygen atoms in total. The highest BCUT2D eigenvalue weighted by molar-refractivity contribution is 7.15. The molecule has 0 aliphatic rings. The number of hydrogen-bond donors (Lipinski definition) is 0. The van der Waals surface area contributed by atoms with Gasteiger partial charge in [0.2, 0.25) is 0 Å². The molecule has 1 aromatic carbocycles. The quantitative estimate of drug-likeness (QED) is 0.794. The molecule has 0 fully saturated rings. The lowest BCUT2D eigenvalue weighted by Gasteiger charge is -2.24. The summed E-state index contributed by atoms with van der Waals surface area (Å²) < 4.78 is 4.74. The van der Waals surface area contributed by atoms with Crippen LogP contribution in [0.25, 0.3) is 0 Å². The Hall–Kier alpha value is -1.59. The third kappa shape index (κ3) is 3.36. The summed E-state index contributed by atoms with van der Waals surface area (Å²) in [6.45, 7) is 3.94. The maximum absolute atomic E-state index is 11.6. The number of thiazole rings is 1. The molecule has 0 bridgehead atoms. The molecule has 0 saturated carbocycles. The number of rotatable bonds is 4. The molecule has 1 unspecified atom stereocenters. The van der Waals surface area contributed by atoms with Crippen LogP contribution in [0.2, 0.25) is 5.02 Å². The van der Waals surface area contributed by atoms with Crippen LogP contribution in [-0.2, 0) is 4.74 Å². The fourth-order valence-electron chi connectivity index (χ4n) is 1.98. The Labute approximate surface area is 133 Å². The van der Waals surface area contributed by atoms with Crippen molar-refractivity contribution in [2.45, 2.75) is 19.9 Å². The van der Waals surface area contributed by atoms with Gasteiger partial charge in [-0.05, 0) is 31.5 Å². The smallest absolute Gasteiger partial charge is 0.357 e. The Morgan fingerprint density at radius 3 is 2.81 bits per heavy atom. The van der Waals surface area contributed by atoms with E-state index in [9.17, 15) is 4.79 Å². The van der Waals surface area contributed by atoms with Crippen molar-refractivity contribution in [3.63, 3.8) is 0 Å². The van der Waals surface area contributed by atoms with E-state index >= 15 is 0 Å². The summed E-state index contributed by atoms with van der Waals surface area (Å²) >= 11 is 7.51. The van der Waals surface area contributed by atoms with E-state index in [0.29, 0.717) is 10.7 Å². The molecule has 0 N–H and O–H groups in total. The zero-order valence-electron chi connectivity index (χ0n) is 12.4. The van der Waals surface area contributed by atoms with Crippen LogP contribution < -0.4 is 4.90 Å². The van der Waals surface area contributed by atoms with Gasteiger partial charge in [0, 0.05) is 16.9 Å². The summed E-state index contributed by atoms with van der Waals surface area (Å²) in [5, 5.41) is 1.48. The number of aryl methyl sites for hydroxylation is 1. The van der Waals surface area contributed by atoms with Gasteiger partial charge in [0.25, 0.3) is 0 Å². The molecule has 112 valence electrons. The van der Waals surface area contributed by atoms with Gasteiger partial charge in [-0.2, -0.15) is 0 Å². The lowest BCUT2D eigenvalue weighted by Crippen LogP contribution is -2.21. The second-order valence-corrected chi connectivity index (χ2v) is 6.35. The van der Waals surface area contributed by atoms with E-state index in [1.165, 1.54) is 18.4 Å². The highest BCUT2D eigenvalue weighted by atomic mass is 35.5. The molecule has 0 aliphatic heterocycles. The average Bonchev–Trinajstić information content (AvgIpc) is 2.87. The van der Waals surface area contributed by atoms with E-state index in [-0.39, 0.29) is 6.04 Å². The molecule has 2 rings (SSSR count). The van der Waals surface area contributed by atoms with Gasteiger partial charge in [-0.3, -0.25) is 0 Å². The molecule has 0 saturated heterocycles. The summed E-state index contributed by atoms with van der Waals surface area (Å²) in [5.41, 5.74) is 1.47. The third-order valence-electron chi connectivity index (χ3n) is 3.38. The number of carbonyl (C=O) groups is 1. The van der Waals surface area contributed by atoms with Crippen molar-refractivity contribution >= 4 is 34.0 Å². The second-order valence-electron chi connectivity index (χ2n) is 4.73. The molecular weight excluding hydrogens is 308 g/mol. The van der Waals surface area contributed by atoms with E-state index < -0.39 is 5.97 Å². The standard InChI is InChI=1S/C15H17ClN2O2S/c1-9(11-6-5-7-12(16)8-11)18(3)15-17-13(10(2)21-15)14(19)20-4/h5-9H,1-4H3. The first-order valence-electron chi connectivity index (χ1n) is 6.48. The number of aromatic nitrogens is 1. The molecule has 0 spiro atoms. The summed E-state index contributed by atoms with van der Waals surface area (Å²) in [6, 6.07) is 7.83. The van der Waals surface area contributed by atoms with Gasteiger partial charge in [-0.15, -0.1) is 11.3 Å². The minimum Gasteiger partial charge on any atom is -0.464 e. The first-order valence-corrected chi connectivity index (χ1v) is 7.67. The van der Waals surface area contributed by atoms with Crippen molar-refractivity contribution in [2.24, 2.45) is 0 Å². The van der Waals surface area contributed by atoms with Crippen molar-refractivity contribution in [3.05, 3.63) is 45.4 Å². The van der Waals surface area contributed by atoms with Crippen molar-refractivity contribution < 1.29 is 9.53 Å². The predicted molar refractivity (Wildman–Crippen MR) is 86.5 cm³/mol.